The van der Waals surface area contributed by atoms with Crippen molar-refractivity contribution in [3.8, 4) is 17.5 Å². The number of allylic oxidation sites excluding steroid dienone is 2. The molecule has 1 unspecified atom stereocenters. The number of imidazole rings is 1. The molecule has 1 aliphatic heterocycles. The molecule has 9 nitrogen and oxygen atoms in total. The molecular formula is C38H31N5O4. The van der Waals surface area contributed by atoms with Gasteiger partial charge in [-0.1, -0.05) is 78.6 Å². The van der Waals surface area contributed by atoms with E-state index >= 15 is 0 Å². The minimum Gasteiger partial charge on any atom is -0.463 e. The van der Waals surface area contributed by atoms with E-state index in [1.165, 1.54) is 6.33 Å². The van der Waals surface area contributed by atoms with Crippen LogP contribution in [0.4, 0.5) is 0 Å². The van der Waals surface area contributed by atoms with Gasteiger partial charge < -0.3 is 14.8 Å². The van der Waals surface area contributed by atoms with Crippen LogP contribution in [0, 0.1) is 17.8 Å². The van der Waals surface area contributed by atoms with Gasteiger partial charge in [0.15, 0.2) is 6.61 Å². The second-order valence-corrected chi connectivity index (χ2v) is 10.6. The zero-order chi connectivity index (χ0) is 32.6. The van der Waals surface area contributed by atoms with Crippen molar-refractivity contribution in [1.29, 1.82) is 0 Å². The first kappa shape index (κ1) is 30.7. The van der Waals surface area contributed by atoms with Gasteiger partial charge in [0, 0.05) is 29.7 Å². The van der Waals surface area contributed by atoms with Gasteiger partial charge in [0.05, 0.1) is 40.0 Å². The summed E-state index contributed by atoms with van der Waals surface area (Å²) in [7, 11) is 0. The number of hydrogen-bond acceptors (Lipinski definition) is 8. The highest BCUT2D eigenvalue weighted by molar-refractivity contribution is 6.04. The highest BCUT2D eigenvalue weighted by atomic mass is 16.5. The molecule has 1 atom stereocenters. The van der Waals surface area contributed by atoms with Gasteiger partial charge in [-0.15, -0.1) is 0 Å². The molecule has 1 aliphatic rings. The number of ether oxygens (including phenoxy) is 2. The maximum atomic E-state index is 13.7. The van der Waals surface area contributed by atoms with Crippen molar-refractivity contribution >= 4 is 34.7 Å². The number of carbonyl (C=O) groups excluding carboxylic acids is 2. The minimum absolute atomic E-state index is 0.157. The Kier molecular flexibility index (Phi) is 9.30. The fourth-order valence-electron chi connectivity index (χ4n) is 5.40. The molecule has 0 saturated heterocycles. The van der Waals surface area contributed by atoms with Gasteiger partial charge in [0.25, 0.3) is 0 Å². The van der Waals surface area contributed by atoms with Crippen LogP contribution < -0.4 is 5.32 Å². The topological polar surface area (TPSA) is 108 Å². The molecule has 232 valence electrons. The number of hydrogen-bond donors (Lipinski definition) is 1. The van der Waals surface area contributed by atoms with E-state index in [-0.39, 0.29) is 18.8 Å². The number of benzene rings is 3. The lowest BCUT2D eigenvalue weighted by molar-refractivity contribution is -0.139. The molecule has 0 radical (unpaired) electrons. The molecule has 47 heavy (non-hydrogen) atoms. The van der Waals surface area contributed by atoms with E-state index in [1.807, 2.05) is 95.6 Å². The predicted molar refractivity (Wildman–Crippen MR) is 179 cm³/mol. The number of fused-ring (bicyclic) bond motifs is 1. The van der Waals surface area contributed by atoms with Gasteiger partial charge in [0.1, 0.15) is 12.7 Å². The van der Waals surface area contributed by atoms with E-state index in [1.54, 1.807) is 32.6 Å². The van der Waals surface area contributed by atoms with E-state index in [4.69, 9.17) is 9.47 Å². The summed E-state index contributed by atoms with van der Waals surface area (Å²) in [6, 6.07) is 25.4. The van der Waals surface area contributed by atoms with Crippen LogP contribution in [-0.4, -0.2) is 44.7 Å². The lowest BCUT2D eigenvalue weighted by Gasteiger charge is -2.30. The monoisotopic (exact) mass is 621 g/mol. The van der Waals surface area contributed by atoms with Gasteiger partial charge in [-0.25, -0.2) is 24.5 Å². The van der Waals surface area contributed by atoms with Gasteiger partial charge >= 0.3 is 11.9 Å². The summed E-state index contributed by atoms with van der Waals surface area (Å²) in [5, 5.41) is 3.33. The van der Waals surface area contributed by atoms with Crippen molar-refractivity contribution in [3.05, 3.63) is 144 Å². The van der Waals surface area contributed by atoms with Gasteiger partial charge in [-0.05, 0) is 49.2 Å². The first-order valence-corrected chi connectivity index (χ1v) is 15.1. The number of esters is 2. The Morgan fingerprint density at radius 3 is 2.40 bits per heavy atom. The molecule has 3 aromatic carbocycles. The third-order valence-corrected chi connectivity index (χ3v) is 7.56. The highest BCUT2D eigenvalue weighted by Gasteiger charge is 2.37. The molecule has 0 aliphatic carbocycles. The van der Waals surface area contributed by atoms with Crippen LogP contribution in [0.25, 0.3) is 28.5 Å². The van der Waals surface area contributed by atoms with Crippen LogP contribution in [0.15, 0.2) is 127 Å². The van der Waals surface area contributed by atoms with Crippen LogP contribution in [0.5, 0.6) is 0 Å². The first-order valence-electron chi connectivity index (χ1n) is 15.1. The van der Waals surface area contributed by atoms with Crippen molar-refractivity contribution in [2.45, 2.75) is 13.8 Å². The quantitative estimate of drug-likeness (QED) is 0.169. The molecule has 6 rings (SSSR count). The standard InChI is InChI=1S/C38H31N5O4/c1-3-46-38(45)35-31(20-15-27-10-5-4-6-11-27)34(37(44)47-21-9-12-28-22-39-24-40-23-28)26(2)42-36(35)29-16-18-30(19-17-29)43-25-41-32-13-7-8-14-33(32)43/h4-8,10-11,13-20,22-25,31,42H,3,21H2,1-2H3/b20-15+. The van der Waals surface area contributed by atoms with E-state index in [0.29, 0.717) is 22.5 Å². The smallest absolute Gasteiger partial charge is 0.337 e. The Hall–Kier alpha value is -6.27. The van der Waals surface area contributed by atoms with Crippen molar-refractivity contribution in [3.63, 3.8) is 0 Å². The van der Waals surface area contributed by atoms with Crippen molar-refractivity contribution in [2.24, 2.45) is 5.92 Å². The SMILES string of the molecule is CCOC(=O)C1=C(c2ccc(-n3cnc4ccccc43)cc2)NC(C)=C(C(=O)OCC#Cc2cncnc2)C1/C=C/c1ccccc1. The maximum Gasteiger partial charge on any atom is 0.337 e. The first-order chi connectivity index (χ1) is 23.0. The minimum atomic E-state index is -0.772. The molecule has 2 aromatic heterocycles. The summed E-state index contributed by atoms with van der Waals surface area (Å²) in [5.74, 6) is 3.81. The molecule has 0 bridgehead atoms. The van der Waals surface area contributed by atoms with Crippen LogP contribution in [0.2, 0.25) is 0 Å². The van der Waals surface area contributed by atoms with E-state index in [2.05, 4.69) is 32.1 Å². The lowest BCUT2D eigenvalue weighted by Crippen LogP contribution is -2.33. The normalized spacial score (nSPS) is 14.5. The number of dihydropyridines is 1. The molecular weight excluding hydrogens is 590 g/mol. The zero-order valence-corrected chi connectivity index (χ0v) is 25.9. The average Bonchev–Trinajstić information content (AvgIpc) is 3.54. The second kappa shape index (κ2) is 14.2. The Morgan fingerprint density at radius 2 is 1.64 bits per heavy atom. The van der Waals surface area contributed by atoms with E-state index < -0.39 is 17.9 Å². The van der Waals surface area contributed by atoms with Crippen LogP contribution in [0.3, 0.4) is 0 Å². The average molecular weight is 622 g/mol. The fraction of sp³-hybridized carbons (Fsp3) is 0.132. The van der Waals surface area contributed by atoms with Crippen LogP contribution in [0.1, 0.15) is 30.5 Å². The molecule has 0 fully saturated rings. The Morgan fingerprint density at radius 1 is 0.915 bits per heavy atom. The van der Waals surface area contributed by atoms with Gasteiger partial charge in [-0.3, -0.25) is 4.57 Å². The molecule has 9 heteroatoms. The van der Waals surface area contributed by atoms with Crippen molar-refractivity contribution < 1.29 is 19.1 Å². The fourth-order valence-corrected chi connectivity index (χ4v) is 5.40. The number of nitrogens with one attached hydrogen (secondary N) is 1. The molecule has 1 N–H and O–H groups in total. The van der Waals surface area contributed by atoms with Gasteiger partial charge in [-0.2, -0.15) is 0 Å². The number of para-hydroxylation sites is 2. The second-order valence-electron chi connectivity index (χ2n) is 10.6. The summed E-state index contributed by atoms with van der Waals surface area (Å²) in [5.41, 5.74) is 6.74. The highest BCUT2D eigenvalue weighted by Crippen LogP contribution is 2.37. The zero-order valence-electron chi connectivity index (χ0n) is 25.9. The van der Waals surface area contributed by atoms with E-state index in [9.17, 15) is 9.59 Å². The predicted octanol–water partition coefficient (Wildman–Crippen LogP) is 5.89. The maximum absolute atomic E-state index is 13.7. The Bertz CT molecular complexity index is 2070. The molecule has 0 spiro atoms. The van der Waals surface area contributed by atoms with Crippen molar-refractivity contribution in [1.82, 2.24) is 24.8 Å². The Labute approximate surface area is 272 Å². The summed E-state index contributed by atoms with van der Waals surface area (Å²) < 4.78 is 13.2. The molecule has 3 heterocycles. The van der Waals surface area contributed by atoms with Crippen molar-refractivity contribution in [2.75, 3.05) is 13.2 Å². The lowest BCUT2D eigenvalue weighted by atomic mass is 9.83. The number of aromatic nitrogens is 4. The molecule has 0 amide bonds. The molecule has 0 saturated carbocycles. The van der Waals surface area contributed by atoms with Gasteiger partial charge in [0.2, 0.25) is 0 Å². The van der Waals surface area contributed by atoms with E-state index in [0.717, 1.165) is 27.8 Å². The third kappa shape index (κ3) is 6.87. The molecule has 5 aromatic rings. The summed E-state index contributed by atoms with van der Waals surface area (Å²) in [4.78, 5) is 39.8. The Balaban J connectivity index is 1.38. The number of carbonyl (C=O) groups is 2. The summed E-state index contributed by atoms with van der Waals surface area (Å²) >= 11 is 0. The number of rotatable bonds is 8. The van der Waals surface area contributed by atoms with Crippen LogP contribution >= 0.6 is 0 Å². The largest absolute Gasteiger partial charge is 0.463 e. The third-order valence-electron chi connectivity index (χ3n) is 7.56. The van der Waals surface area contributed by atoms with Crippen LogP contribution in [-0.2, 0) is 19.1 Å². The number of nitrogens with zero attached hydrogens (tertiary/aromatic N) is 4. The summed E-state index contributed by atoms with van der Waals surface area (Å²) in [6.45, 7) is 3.55. The summed E-state index contributed by atoms with van der Waals surface area (Å²) in [6.07, 6.45) is 10.1.